The largest absolute Gasteiger partial charge is 0.350 e. The Balaban J connectivity index is 1.09. The van der Waals surface area contributed by atoms with Crippen LogP contribution >= 0.6 is 232 Å². The molecule has 2 saturated carbocycles. The standard InChI is InChI=1S/C32H9Cl20N3O4/c33-9-3(1-54-23(56)5-6(24(54)57)28(46)20(42)19(41)27(5,45)31(28,49)50)10(34)14(38)17(13(9)37)53-18-15(39)11(35)4(12(36)16(18)40)2-55-25(58)7-8(26(55)59)30(48)22(44)21(43)29(7,47)32(30,51)52/h5-8,53H,1-2H2. The Morgan fingerprint density at radius 1 is 0.373 bits per heavy atom. The molecular weight excluding hydrogens is 1200 g/mol. The maximum absolute atomic E-state index is 13.9. The predicted molar refractivity (Wildman–Crippen MR) is 242 cm³/mol. The van der Waals surface area contributed by atoms with Gasteiger partial charge in [-0.05, 0) is 0 Å². The molecule has 2 aliphatic heterocycles. The molecule has 8 rings (SSSR count). The number of anilines is 2. The number of fused-ring (bicyclic) bond motifs is 10. The van der Waals surface area contributed by atoms with Crippen molar-refractivity contribution < 1.29 is 19.2 Å². The number of carbonyl (C=O) groups excluding carboxylic acids is 4. The SMILES string of the molecule is O=C1C2C(C(=O)N1Cc1c(Cl)c(Cl)c(Nc3c(Cl)c(Cl)c(CN4C(=O)C5C(C4=O)C4(Cl)C(Cl)=C(Cl)C5(Cl)C4(Cl)Cl)c(Cl)c3Cl)c(Cl)c1Cl)C1(Cl)C(Cl)=C(Cl)C2(Cl)C1(Cl)Cl. The first-order valence-electron chi connectivity index (χ1n) is 15.8. The van der Waals surface area contributed by atoms with Crippen molar-refractivity contribution in [3.63, 3.8) is 0 Å². The lowest BCUT2D eigenvalue weighted by atomic mass is 9.84. The monoisotopic (exact) mass is 1200 g/mol. The normalized spacial score (nSPS) is 35.1. The Morgan fingerprint density at radius 3 is 0.780 bits per heavy atom. The smallest absolute Gasteiger partial charge is 0.235 e. The molecule has 0 radical (unpaired) electrons. The Kier molecular flexibility index (Phi) is 11.7. The van der Waals surface area contributed by atoms with Crippen LogP contribution in [0.4, 0.5) is 11.4 Å². The molecule has 7 nitrogen and oxygen atoms in total. The molecule has 8 atom stereocenters. The maximum atomic E-state index is 13.9. The molecule has 1 N–H and O–H groups in total. The summed E-state index contributed by atoms with van der Waals surface area (Å²) in [6, 6.07) is 0. The summed E-state index contributed by atoms with van der Waals surface area (Å²) in [5.74, 6) is -9.15. The van der Waals surface area contributed by atoms with Crippen LogP contribution in [-0.4, -0.2) is 61.6 Å². The first kappa shape index (κ1) is 47.3. The van der Waals surface area contributed by atoms with E-state index in [-0.39, 0.29) is 82.8 Å². The van der Waals surface area contributed by atoms with E-state index in [0.717, 1.165) is 9.80 Å². The van der Waals surface area contributed by atoms with Gasteiger partial charge in [0, 0.05) is 11.1 Å². The molecule has 316 valence electrons. The molecule has 27 heteroatoms. The van der Waals surface area contributed by atoms with E-state index in [1.165, 1.54) is 0 Å². The lowest BCUT2D eigenvalue weighted by molar-refractivity contribution is -0.142. The second-order valence-corrected chi connectivity index (χ2v) is 23.6. The lowest BCUT2D eigenvalue weighted by Crippen LogP contribution is -2.49. The highest BCUT2D eigenvalue weighted by Gasteiger charge is 2.89. The average molecular weight is 1210 g/mol. The van der Waals surface area contributed by atoms with Gasteiger partial charge in [-0.25, -0.2) is 0 Å². The van der Waals surface area contributed by atoms with Crippen LogP contribution in [0.25, 0.3) is 0 Å². The third-order valence-corrected chi connectivity index (χ3v) is 23.7. The highest BCUT2D eigenvalue weighted by atomic mass is 35.5. The summed E-state index contributed by atoms with van der Waals surface area (Å²) in [5.41, 5.74) is -0.524. The number of halogens is 20. The van der Waals surface area contributed by atoms with E-state index in [4.69, 9.17) is 232 Å². The van der Waals surface area contributed by atoms with Crippen molar-refractivity contribution in [3.05, 3.63) is 71.4 Å². The van der Waals surface area contributed by atoms with Gasteiger partial charge < -0.3 is 5.32 Å². The number of hydrogen-bond donors (Lipinski definition) is 1. The molecule has 8 unspecified atom stereocenters. The van der Waals surface area contributed by atoms with E-state index < -0.39 is 88.6 Å². The molecule has 2 saturated heterocycles. The highest BCUT2D eigenvalue weighted by Crippen LogP contribution is 2.79. The molecule has 4 bridgehead atoms. The van der Waals surface area contributed by atoms with Gasteiger partial charge in [0.05, 0.1) is 108 Å². The molecule has 2 aromatic carbocycles. The van der Waals surface area contributed by atoms with Crippen LogP contribution in [0, 0.1) is 23.7 Å². The number of rotatable bonds is 6. The third kappa shape index (κ3) is 5.32. The average Bonchev–Trinajstić information content (AvgIpc) is 3.74. The summed E-state index contributed by atoms with van der Waals surface area (Å²) in [6.45, 7) is -1.17. The number of carbonyl (C=O) groups is 4. The lowest BCUT2D eigenvalue weighted by Gasteiger charge is -2.34. The number of likely N-dealkylation sites (tertiary alicyclic amines) is 2. The summed E-state index contributed by atoms with van der Waals surface area (Å²) in [4.78, 5) is 48.8. The molecule has 0 aromatic heterocycles. The fraction of sp³-hybridized carbons (Fsp3) is 0.375. The molecule has 4 amide bonds. The van der Waals surface area contributed by atoms with Crippen LogP contribution in [0.15, 0.2) is 20.1 Å². The van der Waals surface area contributed by atoms with E-state index in [2.05, 4.69) is 5.32 Å². The van der Waals surface area contributed by atoms with Crippen LogP contribution in [0.5, 0.6) is 0 Å². The zero-order chi connectivity index (χ0) is 44.1. The quantitative estimate of drug-likeness (QED) is 0.177. The summed E-state index contributed by atoms with van der Waals surface area (Å²) in [5, 5.41) is -0.611. The van der Waals surface area contributed by atoms with Gasteiger partial charge in [-0.1, -0.05) is 186 Å². The predicted octanol–water partition coefficient (Wildman–Crippen LogP) is 14.6. The van der Waals surface area contributed by atoms with Crippen molar-refractivity contribution in [2.45, 2.75) is 41.3 Å². The fourth-order valence-electron chi connectivity index (χ4n) is 8.71. The van der Waals surface area contributed by atoms with Crippen LogP contribution in [0.3, 0.4) is 0 Å². The van der Waals surface area contributed by atoms with Crippen LogP contribution in [-0.2, 0) is 32.3 Å². The highest BCUT2D eigenvalue weighted by molar-refractivity contribution is 6.68. The minimum absolute atomic E-state index is 0.0825. The molecule has 4 fully saturated rings. The van der Waals surface area contributed by atoms with Crippen molar-refractivity contribution in [2.75, 3.05) is 5.32 Å². The zero-order valence-corrected chi connectivity index (χ0v) is 42.4. The van der Waals surface area contributed by atoms with Crippen molar-refractivity contribution >= 4 is 267 Å². The number of amides is 4. The number of allylic oxidation sites excluding steroid dienone is 4. The van der Waals surface area contributed by atoms with E-state index in [1.54, 1.807) is 0 Å². The van der Waals surface area contributed by atoms with Gasteiger partial charge in [-0.2, -0.15) is 0 Å². The topological polar surface area (TPSA) is 86.8 Å². The molecular formula is C32H9Cl20N3O4. The van der Waals surface area contributed by atoms with Gasteiger partial charge in [-0.15, -0.1) is 46.4 Å². The Morgan fingerprint density at radius 2 is 0.576 bits per heavy atom. The Bertz CT molecular complexity index is 2210. The Hall–Kier alpha value is 1.80. The number of imide groups is 2. The number of alkyl halides is 8. The van der Waals surface area contributed by atoms with Crippen molar-refractivity contribution in [2.24, 2.45) is 23.7 Å². The van der Waals surface area contributed by atoms with Crippen LogP contribution in [0.2, 0.25) is 40.2 Å². The summed E-state index contributed by atoms with van der Waals surface area (Å²) >= 11 is 133. The maximum Gasteiger partial charge on any atom is 0.235 e. The van der Waals surface area contributed by atoms with Gasteiger partial charge >= 0.3 is 0 Å². The van der Waals surface area contributed by atoms with E-state index in [1.807, 2.05) is 0 Å². The second kappa shape index (κ2) is 14.6. The molecule has 2 aromatic rings. The third-order valence-electron chi connectivity index (χ3n) is 11.6. The van der Waals surface area contributed by atoms with Crippen LogP contribution in [0.1, 0.15) is 11.1 Å². The van der Waals surface area contributed by atoms with Crippen molar-refractivity contribution in [1.29, 1.82) is 0 Å². The summed E-state index contributed by atoms with van der Waals surface area (Å²) in [7, 11) is 0. The molecule has 59 heavy (non-hydrogen) atoms. The summed E-state index contributed by atoms with van der Waals surface area (Å²) < 4.78 is -4.31. The van der Waals surface area contributed by atoms with Gasteiger partial charge in [0.2, 0.25) is 23.6 Å². The fourth-order valence-corrected chi connectivity index (χ4v) is 16.8. The Labute approximate surface area is 432 Å². The molecule has 4 aliphatic carbocycles. The molecule has 2 heterocycles. The van der Waals surface area contributed by atoms with Gasteiger partial charge in [0.15, 0.2) is 8.67 Å². The zero-order valence-electron chi connectivity index (χ0n) is 27.3. The van der Waals surface area contributed by atoms with Gasteiger partial charge in [0.1, 0.15) is 19.5 Å². The first-order chi connectivity index (χ1) is 27.0. The van der Waals surface area contributed by atoms with Gasteiger partial charge in [0.25, 0.3) is 0 Å². The van der Waals surface area contributed by atoms with E-state index >= 15 is 0 Å². The number of hydrogen-bond acceptors (Lipinski definition) is 5. The number of benzene rings is 2. The van der Waals surface area contributed by atoms with Crippen molar-refractivity contribution in [1.82, 2.24) is 9.80 Å². The van der Waals surface area contributed by atoms with Crippen molar-refractivity contribution in [3.8, 4) is 0 Å². The first-order valence-corrected chi connectivity index (χ1v) is 23.4. The van der Waals surface area contributed by atoms with E-state index in [9.17, 15) is 19.2 Å². The van der Waals surface area contributed by atoms with E-state index in [0.29, 0.717) is 0 Å². The van der Waals surface area contributed by atoms with Crippen LogP contribution < -0.4 is 5.32 Å². The van der Waals surface area contributed by atoms with Gasteiger partial charge in [-0.3, -0.25) is 29.0 Å². The minimum Gasteiger partial charge on any atom is -0.350 e. The number of nitrogens with one attached hydrogen (secondary N) is 1. The molecule has 6 aliphatic rings. The minimum atomic E-state index is -2.15. The second-order valence-electron chi connectivity index (χ2n) is 14.0. The summed E-state index contributed by atoms with van der Waals surface area (Å²) in [6.07, 6.45) is 0. The molecule has 0 spiro atoms. The number of nitrogens with zero attached hydrogens (tertiary/aromatic N) is 2.